The van der Waals surface area contributed by atoms with Gasteiger partial charge in [-0.15, -0.1) is 0 Å². The topological polar surface area (TPSA) is 141 Å². The molecule has 3 aliphatic rings. The minimum absolute atomic E-state index is 0.160. The third-order valence-electron chi connectivity index (χ3n) is 7.50. The number of ether oxygens (including phenoxy) is 2. The molecule has 3 aromatic rings. The van der Waals surface area contributed by atoms with E-state index in [-0.39, 0.29) is 28.7 Å². The van der Waals surface area contributed by atoms with Gasteiger partial charge < -0.3 is 14.4 Å². The first kappa shape index (κ1) is 27.2. The molecular formula is C27H24N4O8S2. The van der Waals surface area contributed by atoms with Gasteiger partial charge in [0.15, 0.2) is 0 Å². The van der Waals surface area contributed by atoms with E-state index in [1.165, 1.54) is 28.8 Å². The lowest BCUT2D eigenvalue weighted by Gasteiger charge is -2.31. The SMILES string of the molecule is COc1ccc([C@@H]2c3sc(=O)n(CC(=O)N4CCOCC4)c3S[C@@H]3C(=O)N(c4ccc([N+](=O)[O-])cc4)C(=O)[C@H]23)cc1. The van der Waals surface area contributed by atoms with Crippen LogP contribution in [-0.2, 0) is 25.7 Å². The molecule has 6 rings (SSSR count). The number of methoxy groups -OCH3 is 1. The molecule has 0 spiro atoms. The predicted octanol–water partition coefficient (Wildman–Crippen LogP) is 2.48. The van der Waals surface area contributed by atoms with Crippen molar-refractivity contribution in [3.63, 3.8) is 0 Å². The Morgan fingerprint density at radius 1 is 1.05 bits per heavy atom. The number of imide groups is 1. The molecular weight excluding hydrogens is 572 g/mol. The number of carbonyl (C=O) groups excluding carboxylic acids is 3. The van der Waals surface area contributed by atoms with Crippen LogP contribution >= 0.6 is 23.1 Å². The standard InChI is InChI=1S/C27H24N4O8S2/c1-38-18-8-2-15(3-9-18)20-21-22(25(34)30(24(21)33)16-4-6-17(7-5-16)31(36)37)40-26-23(20)41-27(35)29(26)14-19(32)28-10-12-39-13-11-28/h2-9,20-22H,10-14H2,1H3/t20-,21+,22-/m0/s1. The van der Waals surface area contributed by atoms with Crippen molar-refractivity contribution in [3.05, 3.63) is 78.8 Å². The number of non-ortho nitro benzene ring substituents is 1. The molecule has 4 heterocycles. The molecule has 2 aromatic carbocycles. The molecule has 212 valence electrons. The number of amides is 3. The van der Waals surface area contributed by atoms with Crippen molar-refractivity contribution in [1.29, 1.82) is 0 Å². The first-order valence-corrected chi connectivity index (χ1v) is 14.5. The number of thioether (sulfide) groups is 1. The highest BCUT2D eigenvalue weighted by atomic mass is 32.2. The van der Waals surface area contributed by atoms with Crippen molar-refractivity contribution in [1.82, 2.24) is 9.47 Å². The monoisotopic (exact) mass is 596 g/mol. The number of rotatable bonds is 6. The summed E-state index contributed by atoms with van der Waals surface area (Å²) < 4.78 is 12.0. The van der Waals surface area contributed by atoms with E-state index in [4.69, 9.17) is 9.47 Å². The van der Waals surface area contributed by atoms with Gasteiger partial charge in [-0.2, -0.15) is 0 Å². The maximum Gasteiger partial charge on any atom is 0.308 e. The van der Waals surface area contributed by atoms with Gasteiger partial charge in [-0.05, 0) is 29.8 Å². The third-order valence-corrected chi connectivity index (χ3v) is 10.1. The molecule has 0 bridgehead atoms. The number of morpholine rings is 1. The fourth-order valence-electron chi connectivity index (χ4n) is 5.45. The summed E-state index contributed by atoms with van der Waals surface area (Å²) in [4.78, 5) is 67.7. The lowest BCUT2D eigenvalue weighted by atomic mass is 9.83. The summed E-state index contributed by atoms with van der Waals surface area (Å²) in [5.41, 5.74) is 0.797. The molecule has 12 nitrogen and oxygen atoms in total. The summed E-state index contributed by atoms with van der Waals surface area (Å²) in [6.07, 6.45) is 0. The van der Waals surface area contributed by atoms with Gasteiger partial charge in [-0.3, -0.25) is 33.9 Å². The molecule has 0 unspecified atom stereocenters. The molecule has 3 amide bonds. The number of fused-ring (bicyclic) bond motifs is 2. The third kappa shape index (κ3) is 4.71. The fourth-order valence-corrected chi connectivity index (χ4v) is 8.22. The van der Waals surface area contributed by atoms with Crippen molar-refractivity contribution in [2.45, 2.75) is 22.7 Å². The van der Waals surface area contributed by atoms with E-state index < -0.39 is 33.8 Å². The van der Waals surface area contributed by atoms with Crippen LogP contribution in [0, 0.1) is 16.0 Å². The second-order valence-corrected chi connectivity index (χ2v) is 11.8. The maximum atomic E-state index is 13.9. The van der Waals surface area contributed by atoms with Gasteiger partial charge in [0, 0.05) is 36.0 Å². The number of nitrogens with zero attached hydrogens (tertiary/aromatic N) is 4. The molecule has 3 atom stereocenters. The molecule has 41 heavy (non-hydrogen) atoms. The minimum atomic E-state index is -0.865. The first-order valence-electron chi connectivity index (χ1n) is 12.8. The van der Waals surface area contributed by atoms with Crippen LogP contribution in [0.25, 0.3) is 0 Å². The Hall–Kier alpha value is -4.01. The Kier molecular flexibility index (Phi) is 7.13. The van der Waals surface area contributed by atoms with E-state index in [0.29, 0.717) is 42.0 Å². The Morgan fingerprint density at radius 3 is 2.37 bits per heavy atom. The number of carbonyl (C=O) groups is 3. The van der Waals surface area contributed by atoms with E-state index in [9.17, 15) is 29.3 Å². The second kappa shape index (κ2) is 10.8. The molecule has 0 saturated carbocycles. The lowest BCUT2D eigenvalue weighted by molar-refractivity contribution is -0.384. The summed E-state index contributed by atoms with van der Waals surface area (Å²) in [6.45, 7) is 1.54. The molecule has 2 saturated heterocycles. The van der Waals surface area contributed by atoms with Crippen LogP contribution in [0.1, 0.15) is 16.4 Å². The van der Waals surface area contributed by atoms with Crippen LogP contribution < -0.4 is 14.5 Å². The van der Waals surface area contributed by atoms with Crippen molar-refractivity contribution in [2.24, 2.45) is 5.92 Å². The van der Waals surface area contributed by atoms with Crippen molar-refractivity contribution < 1.29 is 28.8 Å². The zero-order valence-electron chi connectivity index (χ0n) is 21.8. The number of hydrogen-bond acceptors (Lipinski definition) is 10. The van der Waals surface area contributed by atoms with Gasteiger partial charge >= 0.3 is 4.87 Å². The van der Waals surface area contributed by atoms with Gasteiger partial charge in [0.1, 0.15) is 17.5 Å². The number of thiazole rings is 1. The van der Waals surface area contributed by atoms with Crippen molar-refractivity contribution in [2.75, 3.05) is 38.3 Å². The summed E-state index contributed by atoms with van der Waals surface area (Å²) in [5, 5.41) is 10.8. The normalized spacial score (nSPS) is 21.9. The van der Waals surface area contributed by atoms with E-state index in [2.05, 4.69) is 0 Å². The zero-order chi connectivity index (χ0) is 28.8. The van der Waals surface area contributed by atoms with Crippen LogP contribution in [0.2, 0.25) is 0 Å². The van der Waals surface area contributed by atoms with Gasteiger partial charge in [0.2, 0.25) is 17.7 Å². The van der Waals surface area contributed by atoms with E-state index in [1.54, 1.807) is 36.3 Å². The highest BCUT2D eigenvalue weighted by Gasteiger charge is 2.57. The zero-order valence-corrected chi connectivity index (χ0v) is 23.4. The van der Waals surface area contributed by atoms with Crippen LogP contribution in [0.5, 0.6) is 5.75 Å². The van der Waals surface area contributed by atoms with Gasteiger partial charge in [0.05, 0.1) is 41.9 Å². The highest BCUT2D eigenvalue weighted by Crippen LogP contribution is 2.54. The summed E-state index contributed by atoms with van der Waals surface area (Å²) >= 11 is 2.10. The molecule has 14 heteroatoms. The summed E-state index contributed by atoms with van der Waals surface area (Å²) in [6, 6.07) is 12.4. The quantitative estimate of drug-likeness (QED) is 0.238. The second-order valence-electron chi connectivity index (χ2n) is 9.72. The molecule has 0 radical (unpaired) electrons. The average Bonchev–Trinajstić information content (AvgIpc) is 3.43. The van der Waals surface area contributed by atoms with Crippen LogP contribution in [0.15, 0.2) is 58.4 Å². The molecule has 1 aromatic heterocycles. The summed E-state index contributed by atoms with van der Waals surface area (Å²) in [5.74, 6) is -2.00. The van der Waals surface area contributed by atoms with Crippen LogP contribution in [-0.4, -0.2) is 70.8 Å². The van der Waals surface area contributed by atoms with Crippen LogP contribution in [0.3, 0.4) is 0 Å². The number of anilines is 1. The molecule has 0 N–H and O–H groups in total. The maximum absolute atomic E-state index is 13.9. The Balaban J connectivity index is 1.42. The largest absolute Gasteiger partial charge is 0.497 e. The van der Waals surface area contributed by atoms with Crippen LogP contribution in [0.4, 0.5) is 11.4 Å². The Labute approximate surface area is 241 Å². The molecule has 2 fully saturated rings. The molecule has 0 aliphatic carbocycles. The minimum Gasteiger partial charge on any atom is -0.497 e. The van der Waals surface area contributed by atoms with Gasteiger partial charge in [-0.25, -0.2) is 4.90 Å². The number of nitro benzene ring substituents is 1. The average molecular weight is 597 g/mol. The predicted molar refractivity (Wildman–Crippen MR) is 150 cm³/mol. The first-order chi connectivity index (χ1) is 19.8. The van der Waals surface area contributed by atoms with Crippen molar-refractivity contribution >= 4 is 52.2 Å². The Bertz CT molecular complexity index is 1590. The van der Waals surface area contributed by atoms with Gasteiger partial charge in [-0.1, -0.05) is 35.2 Å². The highest BCUT2D eigenvalue weighted by molar-refractivity contribution is 8.00. The number of hydrogen-bond donors (Lipinski definition) is 0. The smallest absolute Gasteiger partial charge is 0.308 e. The van der Waals surface area contributed by atoms with Gasteiger partial charge in [0.25, 0.3) is 5.69 Å². The number of benzene rings is 2. The lowest BCUT2D eigenvalue weighted by Crippen LogP contribution is -2.43. The number of aromatic nitrogens is 1. The fraction of sp³-hybridized carbons (Fsp3) is 0.333. The Morgan fingerprint density at radius 2 is 1.73 bits per heavy atom. The van der Waals surface area contributed by atoms with Crippen molar-refractivity contribution in [3.8, 4) is 5.75 Å². The van der Waals surface area contributed by atoms with E-state index in [0.717, 1.165) is 33.6 Å². The summed E-state index contributed by atoms with van der Waals surface area (Å²) in [7, 11) is 1.54. The van der Waals surface area contributed by atoms with E-state index in [1.807, 2.05) is 0 Å². The molecule has 3 aliphatic heterocycles. The number of nitro groups is 1. The van der Waals surface area contributed by atoms with E-state index >= 15 is 0 Å².